The summed E-state index contributed by atoms with van der Waals surface area (Å²) in [6.07, 6.45) is 0. The third kappa shape index (κ3) is 4.68. The van der Waals surface area contributed by atoms with Gasteiger partial charge < -0.3 is 0 Å². The topological polar surface area (TPSA) is 0 Å². The lowest BCUT2D eigenvalue weighted by molar-refractivity contribution is 0.731. The monoisotopic (exact) mass is 212 g/mol. The summed E-state index contributed by atoms with van der Waals surface area (Å²) >= 11 is 0. The van der Waals surface area contributed by atoms with Crippen LogP contribution in [0.25, 0.3) is 0 Å². The molecule has 0 aliphatic carbocycles. The molecule has 0 heterocycles. The molecule has 0 fully saturated rings. The van der Waals surface area contributed by atoms with Gasteiger partial charge in [-0.05, 0) is 5.04 Å². The second-order valence-corrected chi connectivity index (χ2v) is 16.1. The van der Waals surface area contributed by atoms with Gasteiger partial charge in [0.1, 0.15) is 16.1 Å². The van der Waals surface area contributed by atoms with E-state index in [1.54, 1.807) is 0 Å². The Morgan fingerprint density at radius 3 is 1.38 bits per heavy atom. The Morgan fingerprint density at radius 2 is 1.15 bits per heavy atom. The molecule has 0 atom stereocenters. The van der Waals surface area contributed by atoms with Gasteiger partial charge >= 0.3 is 0 Å². The van der Waals surface area contributed by atoms with Gasteiger partial charge in [0, 0.05) is 0 Å². The fraction of sp³-hybridized carbons (Fsp3) is 0.818. The molecule has 0 nitrogen and oxygen atoms in total. The van der Waals surface area contributed by atoms with Gasteiger partial charge in [0.15, 0.2) is 0 Å². The molecular formula is C11H24Si2. The molecule has 0 aliphatic heterocycles. The first-order chi connectivity index (χ1) is 5.46. The third-order valence-electron chi connectivity index (χ3n) is 2.62. The minimum atomic E-state index is -1.34. The Morgan fingerprint density at radius 1 is 0.769 bits per heavy atom. The van der Waals surface area contributed by atoms with E-state index in [1.165, 1.54) is 0 Å². The summed E-state index contributed by atoms with van der Waals surface area (Å²) in [5.74, 6) is 0. The normalized spacial score (nSPS) is 13.5. The van der Waals surface area contributed by atoms with Crippen LogP contribution in [0.3, 0.4) is 0 Å². The number of hydrogen-bond acceptors (Lipinski definition) is 0. The van der Waals surface area contributed by atoms with Crippen molar-refractivity contribution in [2.24, 2.45) is 0 Å². The fourth-order valence-electron chi connectivity index (χ4n) is 0.531. The quantitative estimate of drug-likeness (QED) is 0.422. The molecule has 0 aliphatic rings. The van der Waals surface area contributed by atoms with E-state index >= 15 is 0 Å². The van der Waals surface area contributed by atoms with Crippen LogP contribution in [-0.4, -0.2) is 16.1 Å². The van der Waals surface area contributed by atoms with Crippen LogP contribution in [0.2, 0.25) is 37.8 Å². The van der Waals surface area contributed by atoms with Crippen molar-refractivity contribution in [2.45, 2.75) is 58.5 Å². The van der Waals surface area contributed by atoms with E-state index in [0.717, 1.165) is 0 Å². The molecule has 0 aromatic carbocycles. The van der Waals surface area contributed by atoms with E-state index in [9.17, 15) is 0 Å². The van der Waals surface area contributed by atoms with E-state index < -0.39 is 16.1 Å². The Labute approximate surface area is 86.1 Å². The number of hydrogen-bond donors (Lipinski definition) is 0. The highest BCUT2D eigenvalue weighted by Crippen LogP contribution is 2.35. The maximum atomic E-state index is 3.59. The Balaban J connectivity index is 4.77. The van der Waals surface area contributed by atoms with Crippen LogP contribution in [0.1, 0.15) is 20.8 Å². The van der Waals surface area contributed by atoms with Crippen LogP contribution in [0.15, 0.2) is 0 Å². The van der Waals surface area contributed by atoms with Gasteiger partial charge in [-0.15, -0.1) is 11.1 Å². The molecule has 0 unspecified atom stereocenters. The van der Waals surface area contributed by atoms with E-state index in [4.69, 9.17) is 0 Å². The Hall–Kier alpha value is -0.00623. The van der Waals surface area contributed by atoms with E-state index in [0.29, 0.717) is 5.04 Å². The lowest BCUT2D eigenvalue weighted by Crippen LogP contribution is -2.36. The molecule has 13 heavy (non-hydrogen) atoms. The maximum Gasteiger partial charge on any atom is 0.136 e. The van der Waals surface area contributed by atoms with Crippen molar-refractivity contribution < 1.29 is 0 Å². The molecule has 2 heteroatoms. The molecule has 0 amide bonds. The predicted molar refractivity (Wildman–Crippen MR) is 68.3 cm³/mol. The lowest BCUT2D eigenvalue weighted by Gasteiger charge is -2.32. The van der Waals surface area contributed by atoms with Crippen LogP contribution in [-0.2, 0) is 0 Å². The first-order valence-corrected chi connectivity index (χ1v) is 11.5. The van der Waals surface area contributed by atoms with Crippen LogP contribution in [0, 0.1) is 11.1 Å². The largest absolute Gasteiger partial charge is 0.139 e. The molecule has 0 radical (unpaired) electrons. The fourth-order valence-corrected chi connectivity index (χ4v) is 3.66. The van der Waals surface area contributed by atoms with Crippen LogP contribution in [0.4, 0.5) is 0 Å². The third-order valence-corrected chi connectivity index (χ3v) is 8.25. The molecule has 0 bridgehead atoms. The molecule has 76 valence electrons. The van der Waals surface area contributed by atoms with Gasteiger partial charge in [-0.2, -0.15) is 0 Å². The standard InChI is InChI=1S/C11H24Si2/c1-11(2,3)13(7,8)10-9-12(4,5)6/h1-8H3. The summed E-state index contributed by atoms with van der Waals surface area (Å²) in [7, 11) is -2.51. The average molecular weight is 212 g/mol. The summed E-state index contributed by atoms with van der Waals surface area (Å²) in [4.78, 5) is 0. The molecule has 0 aromatic rings. The summed E-state index contributed by atoms with van der Waals surface area (Å²) in [6.45, 7) is 18.6. The molecule has 0 N–H and O–H groups in total. The van der Waals surface area contributed by atoms with Crippen molar-refractivity contribution in [1.82, 2.24) is 0 Å². The van der Waals surface area contributed by atoms with Crippen molar-refractivity contribution in [2.75, 3.05) is 0 Å². The van der Waals surface area contributed by atoms with Crippen LogP contribution < -0.4 is 0 Å². The SMILES string of the molecule is CC(C)(C)[Si](C)(C)C#C[Si](C)(C)C. The highest BCUT2D eigenvalue weighted by atomic mass is 28.3. The van der Waals surface area contributed by atoms with E-state index in [2.05, 4.69) is 64.6 Å². The van der Waals surface area contributed by atoms with Crippen molar-refractivity contribution in [3.63, 3.8) is 0 Å². The van der Waals surface area contributed by atoms with Crippen molar-refractivity contribution in [3.05, 3.63) is 0 Å². The summed E-state index contributed by atoms with van der Waals surface area (Å²) in [6, 6.07) is 0. The highest BCUT2D eigenvalue weighted by Gasteiger charge is 2.33. The van der Waals surface area contributed by atoms with Crippen molar-refractivity contribution >= 4 is 16.1 Å². The van der Waals surface area contributed by atoms with Gasteiger partial charge in [-0.25, -0.2) is 0 Å². The average Bonchev–Trinajstić information content (AvgIpc) is 1.79. The second kappa shape index (κ2) is 3.63. The zero-order valence-corrected chi connectivity index (χ0v) is 12.5. The zero-order chi connectivity index (χ0) is 10.9. The van der Waals surface area contributed by atoms with Crippen molar-refractivity contribution in [3.8, 4) is 11.1 Å². The van der Waals surface area contributed by atoms with Gasteiger partial charge in [0.25, 0.3) is 0 Å². The second-order valence-electron chi connectivity index (χ2n) is 6.38. The predicted octanol–water partition coefficient (Wildman–Crippen LogP) is 3.91. The van der Waals surface area contributed by atoms with Gasteiger partial charge in [-0.3, -0.25) is 0 Å². The zero-order valence-electron chi connectivity index (χ0n) is 10.5. The molecule has 0 aromatic heterocycles. The first-order valence-electron chi connectivity index (χ1n) is 5.00. The highest BCUT2D eigenvalue weighted by molar-refractivity contribution is 6.91. The van der Waals surface area contributed by atoms with Gasteiger partial charge in [0.05, 0.1) is 0 Å². The smallest absolute Gasteiger partial charge is 0.136 e. The van der Waals surface area contributed by atoms with Crippen molar-refractivity contribution in [1.29, 1.82) is 0 Å². The molecule has 0 saturated heterocycles. The van der Waals surface area contributed by atoms with Crippen LogP contribution in [0.5, 0.6) is 0 Å². The van der Waals surface area contributed by atoms with Gasteiger partial charge in [-0.1, -0.05) is 53.5 Å². The van der Waals surface area contributed by atoms with Crippen LogP contribution >= 0.6 is 0 Å². The Kier molecular flexibility index (Phi) is 3.62. The van der Waals surface area contributed by atoms with E-state index in [1.807, 2.05) is 0 Å². The summed E-state index contributed by atoms with van der Waals surface area (Å²) in [5, 5.41) is 0.402. The maximum absolute atomic E-state index is 3.59. The molecular weight excluding hydrogens is 188 g/mol. The minimum Gasteiger partial charge on any atom is -0.139 e. The lowest BCUT2D eigenvalue weighted by atomic mass is 10.2. The van der Waals surface area contributed by atoms with Gasteiger partial charge in [0.2, 0.25) is 0 Å². The first kappa shape index (κ1) is 13.0. The molecule has 0 rings (SSSR count). The Bertz CT molecular complexity index is 228. The van der Waals surface area contributed by atoms with E-state index in [-0.39, 0.29) is 0 Å². The summed E-state index contributed by atoms with van der Waals surface area (Å²) in [5.41, 5.74) is 7.11. The summed E-state index contributed by atoms with van der Waals surface area (Å²) < 4.78 is 0. The molecule has 0 saturated carbocycles. The number of rotatable bonds is 0. The minimum absolute atomic E-state index is 0.402. The molecule has 0 spiro atoms.